The fraction of sp³-hybridized carbons (Fsp3) is 0. The van der Waals surface area contributed by atoms with Gasteiger partial charge in [-0.15, -0.1) is 0 Å². The minimum atomic E-state index is -0.528. The molecule has 0 spiro atoms. The highest BCUT2D eigenvalue weighted by atomic mass is 16.2. The van der Waals surface area contributed by atoms with Crippen LogP contribution in [-0.4, -0.2) is 15.9 Å². The van der Waals surface area contributed by atoms with Gasteiger partial charge in [-0.3, -0.25) is 15.0 Å². The van der Waals surface area contributed by atoms with Crippen LogP contribution in [0.1, 0.15) is 10.5 Å². The summed E-state index contributed by atoms with van der Waals surface area (Å²) in [5.74, 6) is 4.53. The van der Waals surface area contributed by atoms with E-state index in [-0.39, 0.29) is 11.3 Å². The Bertz CT molecular complexity index is 816. The smallest absolute Gasteiger partial charge is 0.281 e. The highest BCUT2D eigenvalue weighted by Gasteiger charge is 2.11. The number of pyridine rings is 1. The third-order valence-corrected chi connectivity index (χ3v) is 2.89. The van der Waals surface area contributed by atoms with Crippen molar-refractivity contribution in [3.63, 3.8) is 0 Å². The number of hydrogen-bond donors (Lipinski definition) is 4. The van der Waals surface area contributed by atoms with Crippen LogP contribution in [0.3, 0.4) is 0 Å². The highest BCUT2D eigenvalue weighted by Crippen LogP contribution is 2.22. The number of nitrogens with one attached hydrogen (secondary N) is 3. The van der Waals surface area contributed by atoms with E-state index in [1.165, 1.54) is 0 Å². The van der Waals surface area contributed by atoms with Crippen LogP contribution in [0.25, 0.3) is 21.8 Å². The summed E-state index contributed by atoms with van der Waals surface area (Å²) < 4.78 is 0. The molecule has 2 heterocycles. The molecule has 0 aliphatic carbocycles. The van der Waals surface area contributed by atoms with Crippen LogP contribution < -0.4 is 16.8 Å². The van der Waals surface area contributed by atoms with Gasteiger partial charge in [0.25, 0.3) is 11.5 Å². The number of fused-ring (bicyclic) bond motifs is 3. The Morgan fingerprint density at radius 3 is 2.72 bits per heavy atom. The minimum absolute atomic E-state index is 0.139. The molecule has 0 atom stereocenters. The number of aromatic nitrogens is 2. The molecule has 0 aliphatic rings. The Kier molecular flexibility index (Phi) is 2.17. The molecule has 0 aliphatic heterocycles. The molecule has 0 fully saturated rings. The van der Waals surface area contributed by atoms with Crippen molar-refractivity contribution in [1.82, 2.24) is 15.4 Å². The van der Waals surface area contributed by atoms with E-state index in [0.29, 0.717) is 10.9 Å². The van der Waals surface area contributed by atoms with Gasteiger partial charge in [0, 0.05) is 16.3 Å². The van der Waals surface area contributed by atoms with Crippen LogP contribution in [0.15, 0.2) is 35.1 Å². The average Bonchev–Trinajstić information content (AvgIpc) is 2.77. The second-order valence-electron chi connectivity index (χ2n) is 3.94. The third-order valence-electron chi connectivity index (χ3n) is 2.89. The van der Waals surface area contributed by atoms with E-state index in [4.69, 9.17) is 5.84 Å². The molecule has 3 aromatic rings. The van der Waals surface area contributed by atoms with Crippen molar-refractivity contribution < 1.29 is 4.79 Å². The number of nitrogen functional groups attached to an aromatic ring is 1. The molecule has 18 heavy (non-hydrogen) atoms. The standard InChI is InChI=1S/C12H10N4O2/c13-16-11(17)9-5-7-6-3-1-2-4-8(6)14-10(7)12(18)15-9/h1-5,14H,13H2,(H,15,18)(H,16,17). The lowest BCUT2D eigenvalue weighted by molar-refractivity contribution is 0.0948. The molecule has 0 unspecified atom stereocenters. The Hall–Kier alpha value is -2.60. The first-order valence-electron chi connectivity index (χ1n) is 5.35. The lowest BCUT2D eigenvalue weighted by Gasteiger charge is -1.99. The number of carbonyl (C=O) groups excluding carboxylic acids is 1. The fourth-order valence-electron chi connectivity index (χ4n) is 2.06. The molecule has 0 saturated carbocycles. The second-order valence-corrected chi connectivity index (χ2v) is 3.94. The molecule has 90 valence electrons. The van der Waals surface area contributed by atoms with Gasteiger partial charge in [-0.25, -0.2) is 5.84 Å². The topological polar surface area (TPSA) is 104 Å². The summed E-state index contributed by atoms with van der Waals surface area (Å²) in [5, 5.41) is 1.60. The summed E-state index contributed by atoms with van der Waals surface area (Å²) in [6, 6.07) is 9.12. The molecule has 0 saturated heterocycles. The molecular formula is C12H10N4O2. The summed E-state index contributed by atoms with van der Waals surface area (Å²) in [6.07, 6.45) is 0. The van der Waals surface area contributed by atoms with Crippen LogP contribution in [-0.2, 0) is 0 Å². The number of benzene rings is 1. The minimum Gasteiger partial charge on any atom is -0.350 e. The monoisotopic (exact) mass is 242 g/mol. The Labute approximate surface area is 101 Å². The van der Waals surface area contributed by atoms with Gasteiger partial charge in [-0.2, -0.15) is 0 Å². The van der Waals surface area contributed by atoms with Gasteiger partial charge in [-0.05, 0) is 12.1 Å². The van der Waals surface area contributed by atoms with Crippen LogP contribution in [0.5, 0.6) is 0 Å². The molecular weight excluding hydrogens is 232 g/mol. The number of para-hydroxylation sites is 1. The van der Waals surface area contributed by atoms with Gasteiger partial charge in [0.15, 0.2) is 0 Å². The number of hydrazine groups is 1. The van der Waals surface area contributed by atoms with Gasteiger partial charge in [0.05, 0.1) is 0 Å². The first-order valence-corrected chi connectivity index (χ1v) is 5.35. The molecule has 1 amide bonds. The van der Waals surface area contributed by atoms with E-state index in [2.05, 4.69) is 9.97 Å². The SMILES string of the molecule is NNC(=O)c1cc2c([nH]c3ccccc32)c(=O)[nH]1. The average molecular weight is 242 g/mol. The molecule has 2 aromatic heterocycles. The Balaban J connectivity index is 2.44. The zero-order chi connectivity index (χ0) is 12.7. The molecule has 6 nitrogen and oxygen atoms in total. The quantitative estimate of drug-likeness (QED) is 0.285. The lowest BCUT2D eigenvalue weighted by atomic mass is 10.1. The zero-order valence-electron chi connectivity index (χ0n) is 9.28. The first-order chi connectivity index (χ1) is 8.70. The zero-order valence-corrected chi connectivity index (χ0v) is 9.28. The lowest BCUT2D eigenvalue weighted by Crippen LogP contribution is -2.32. The van der Waals surface area contributed by atoms with Crippen LogP contribution >= 0.6 is 0 Å². The Morgan fingerprint density at radius 2 is 1.94 bits per heavy atom. The largest absolute Gasteiger partial charge is 0.350 e. The number of amides is 1. The van der Waals surface area contributed by atoms with Crippen molar-refractivity contribution in [2.75, 3.05) is 0 Å². The van der Waals surface area contributed by atoms with Gasteiger partial charge in [0.2, 0.25) is 0 Å². The maximum Gasteiger partial charge on any atom is 0.281 e. The molecule has 0 radical (unpaired) electrons. The highest BCUT2D eigenvalue weighted by molar-refractivity contribution is 6.08. The number of carbonyl (C=O) groups is 1. The normalized spacial score (nSPS) is 10.9. The van der Waals surface area contributed by atoms with Gasteiger partial charge < -0.3 is 9.97 Å². The molecule has 3 rings (SSSR count). The van der Waals surface area contributed by atoms with E-state index in [0.717, 1.165) is 10.9 Å². The molecule has 1 aromatic carbocycles. The fourth-order valence-corrected chi connectivity index (χ4v) is 2.06. The van der Waals surface area contributed by atoms with E-state index in [9.17, 15) is 9.59 Å². The van der Waals surface area contributed by atoms with Crippen molar-refractivity contribution in [1.29, 1.82) is 0 Å². The Morgan fingerprint density at radius 1 is 1.17 bits per heavy atom. The summed E-state index contributed by atoms with van der Waals surface area (Å²) in [5.41, 5.74) is 3.09. The van der Waals surface area contributed by atoms with Gasteiger partial charge >= 0.3 is 0 Å². The van der Waals surface area contributed by atoms with Gasteiger partial charge in [-0.1, -0.05) is 18.2 Å². The number of H-pyrrole nitrogens is 2. The summed E-state index contributed by atoms with van der Waals surface area (Å²) >= 11 is 0. The van der Waals surface area contributed by atoms with E-state index in [1.807, 2.05) is 29.7 Å². The number of hydrogen-bond acceptors (Lipinski definition) is 3. The molecule has 0 bridgehead atoms. The number of aromatic amines is 2. The number of rotatable bonds is 1. The summed E-state index contributed by atoms with van der Waals surface area (Å²) in [6.45, 7) is 0. The van der Waals surface area contributed by atoms with Crippen LogP contribution in [0, 0.1) is 0 Å². The third kappa shape index (κ3) is 1.40. The maximum absolute atomic E-state index is 11.9. The summed E-state index contributed by atoms with van der Waals surface area (Å²) in [4.78, 5) is 28.8. The molecule has 6 heteroatoms. The van der Waals surface area contributed by atoms with Crippen LogP contribution in [0.2, 0.25) is 0 Å². The summed E-state index contributed by atoms with van der Waals surface area (Å²) in [7, 11) is 0. The predicted octanol–water partition coefficient (Wildman–Crippen LogP) is 0.613. The number of nitrogens with two attached hydrogens (primary N) is 1. The van der Waals surface area contributed by atoms with E-state index in [1.54, 1.807) is 6.07 Å². The van der Waals surface area contributed by atoms with Gasteiger partial charge in [0.1, 0.15) is 11.2 Å². The predicted molar refractivity (Wildman–Crippen MR) is 68.1 cm³/mol. The van der Waals surface area contributed by atoms with Crippen molar-refractivity contribution in [2.24, 2.45) is 5.84 Å². The maximum atomic E-state index is 11.9. The van der Waals surface area contributed by atoms with Crippen molar-refractivity contribution in [2.45, 2.75) is 0 Å². The second kappa shape index (κ2) is 3.71. The van der Waals surface area contributed by atoms with E-state index >= 15 is 0 Å². The van der Waals surface area contributed by atoms with E-state index < -0.39 is 5.91 Å². The molecule has 5 N–H and O–H groups in total. The van der Waals surface area contributed by atoms with Crippen LogP contribution in [0.4, 0.5) is 0 Å². The van der Waals surface area contributed by atoms with Crippen molar-refractivity contribution >= 4 is 27.7 Å². The van der Waals surface area contributed by atoms with Crippen molar-refractivity contribution in [3.8, 4) is 0 Å². The first kappa shape index (κ1) is 10.5. The van der Waals surface area contributed by atoms with Crippen molar-refractivity contribution in [3.05, 3.63) is 46.4 Å².